The van der Waals surface area contributed by atoms with E-state index in [-0.39, 0.29) is 6.10 Å². The number of rotatable bonds is 1. The molecule has 0 saturated heterocycles. The van der Waals surface area contributed by atoms with Crippen LogP contribution in [0.2, 0.25) is 0 Å². The molecule has 2 fully saturated rings. The Bertz CT molecular complexity index is 193. The molecule has 4 atom stereocenters. The molecule has 2 heteroatoms. The predicted octanol–water partition coefficient (Wildman–Crippen LogP) is 1.88. The van der Waals surface area contributed by atoms with Crippen LogP contribution in [0.4, 0.5) is 0 Å². The molecule has 0 aliphatic heterocycles. The third kappa shape index (κ3) is 1.96. The molecule has 2 rings (SSSR count). The van der Waals surface area contributed by atoms with Crippen molar-refractivity contribution in [1.29, 1.82) is 0 Å². The quantitative estimate of drug-likeness (QED) is 0.694. The number of fused-ring (bicyclic) bond motifs is 1. The SMILES string of the molecule is CN(C)[C@H]1C[C@H]2CCCC[C@@H]2C[C@@H]1O. The van der Waals surface area contributed by atoms with E-state index in [4.69, 9.17) is 0 Å². The summed E-state index contributed by atoms with van der Waals surface area (Å²) >= 11 is 0. The van der Waals surface area contributed by atoms with Crippen molar-refractivity contribution in [3.05, 3.63) is 0 Å². The maximum absolute atomic E-state index is 10.0. The topological polar surface area (TPSA) is 23.5 Å². The molecule has 0 aromatic carbocycles. The smallest absolute Gasteiger partial charge is 0.0698 e. The Morgan fingerprint density at radius 2 is 1.57 bits per heavy atom. The molecule has 2 aliphatic carbocycles. The number of nitrogens with zero attached hydrogens (tertiary/aromatic N) is 1. The zero-order valence-electron chi connectivity index (χ0n) is 9.45. The summed E-state index contributed by atoms with van der Waals surface area (Å²) in [5, 5.41) is 10.0. The molecule has 2 aliphatic rings. The van der Waals surface area contributed by atoms with Crippen molar-refractivity contribution < 1.29 is 5.11 Å². The van der Waals surface area contributed by atoms with E-state index in [9.17, 15) is 5.11 Å². The van der Waals surface area contributed by atoms with Crippen molar-refractivity contribution in [2.75, 3.05) is 14.1 Å². The van der Waals surface area contributed by atoms with Crippen molar-refractivity contribution in [3.8, 4) is 0 Å². The molecule has 2 saturated carbocycles. The van der Waals surface area contributed by atoms with E-state index in [0.29, 0.717) is 6.04 Å². The highest BCUT2D eigenvalue weighted by molar-refractivity contribution is 4.91. The van der Waals surface area contributed by atoms with Crippen LogP contribution in [0.15, 0.2) is 0 Å². The number of aliphatic hydroxyl groups is 1. The fraction of sp³-hybridized carbons (Fsp3) is 1.00. The summed E-state index contributed by atoms with van der Waals surface area (Å²) in [5.74, 6) is 1.73. The molecule has 2 nitrogen and oxygen atoms in total. The molecule has 0 unspecified atom stereocenters. The van der Waals surface area contributed by atoms with Gasteiger partial charge in [0.1, 0.15) is 0 Å². The van der Waals surface area contributed by atoms with Gasteiger partial charge >= 0.3 is 0 Å². The van der Waals surface area contributed by atoms with Crippen LogP contribution in [0.25, 0.3) is 0 Å². The first-order valence-corrected chi connectivity index (χ1v) is 6.03. The molecule has 0 spiro atoms. The summed E-state index contributed by atoms with van der Waals surface area (Å²) in [4.78, 5) is 2.20. The van der Waals surface area contributed by atoms with Gasteiger partial charge in [-0.3, -0.25) is 0 Å². The van der Waals surface area contributed by atoms with E-state index in [0.717, 1.165) is 18.3 Å². The number of aliphatic hydroxyl groups excluding tert-OH is 1. The van der Waals surface area contributed by atoms with Crippen LogP contribution >= 0.6 is 0 Å². The van der Waals surface area contributed by atoms with Gasteiger partial charge < -0.3 is 10.0 Å². The zero-order valence-corrected chi connectivity index (χ0v) is 9.45. The molecule has 0 heterocycles. The lowest BCUT2D eigenvalue weighted by molar-refractivity contribution is -0.0157. The van der Waals surface area contributed by atoms with E-state index >= 15 is 0 Å². The van der Waals surface area contributed by atoms with Crippen molar-refractivity contribution in [3.63, 3.8) is 0 Å². The lowest BCUT2D eigenvalue weighted by atomic mass is 9.68. The summed E-state index contributed by atoms with van der Waals surface area (Å²) in [6, 6.07) is 0.411. The highest BCUT2D eigenvalue weighted by Gasteiger charge is 2.37. The van der Waals surface area contributed by atoms with E-state index in [1.165, 1.54) is 32.1 Å². The van der Waals surface area contributed by atoms with Gasteiger partial charge in [0.2, 0.25) is 0 Å². The summed E-state index contributed by atoms with van der Waals surface area (Å²) in [5.41, 5.74) is 0. The Hall–Kier alpha value is -0.0800. The van der Waals surface area contributed by atoms with E-state index in [1.807, 2.05) is 0 Å². The molecular formula is C12H23NO. The second-order valence-electron chi connectivity index (χ2n) is 5.37. The summed E-state index contributed by atoms with van der Waals surface area (Å²) in [6.45, 7) is 0. The first-order valence-electron chi connectivity index (χ1n) is 6.03. The minimum absolute atomic E-state index is 0.0793. The Kier molecular flexibility index (Phi) is 3.13. The first kappa shape index (κ1) is 10.4. The van der Waals surface area contributed by atoms with Crippen LogP contribution in [0.3, 0.4) is 0 Å². The van der Waals surface area contributed by atoms with E-state index < -0.39 is 0 Å². The molecule has 0 bridgehead atoms. The second kappa shape index (κ2) is 4.19. The maximum Gasteiger partial charge on any atom is 0.0698 e. The number of hydrogen-bond acceptors (Lipinski definition) is 2. The lowest BCUT2D eigenvalue weighted by Crippen LogP contribution is -2.47. The van der Waals surface area contributed by atoms with Crippen LogP contribution in [0.5, 0.6) is 0 Å². The van der Waals surface area contributed by atoms with Gasteiger partial charge in [-0.05, 0) is 38.8 Å². The van der Waals surface area contributed by atoms with Gasteiger partial charge in [0.25, 0.3) is 0 Å². The van der Waals surface area contributed by atoms with Gasteiger partial charge in [-0.15, -0.1) is 0 Å². The predicted molar refractivity (Wildman–Crippen MR) is 58.2 cm³/mol. The Morgan fingerprint density at radius 3 is 2.14 bits per heavy atom. The van der Waals surface area contributed by atoms with Crippen molar-refractivity contribution in [2.24, 2.45) is 11.8 Å². The molecule has 14 heavy (non-hydrogen) atoms. The fourth-order valence-electron chi connectivity index (χ4n) is 3.39. The Morgan fingerprint density at radius 1 is 1.00 bits per heavy atom. The normalized spacial score (nSPS) is 43.7. The molecular weight excluding hydrogens is 174 g/mol. The van der Waals surface area contributed by atoms with Crippen molar-refractivity contribution in [2.45, 2.75) is 50.7 Å². The summed E-state index contributed by atoms with van der Waals surface area (Å²) < 4.78 is 0. The molecule has 82 valence electrons. The Labute approximate surface area is 87.3 Å². The van der Waals surface area contributed by atoms with Gasteiger partial charge in [0.05, 0.1) is 6.10 Å². The zero-order chi connectivity index (χ0) is 10.1. The van der Waals surface area contributed by atoms with E-state index in [2.05, 4.69) is 19.0 Å². The monoisotopic (exact) mass is 197 g/mol. The largest absolute Gasteiger partial charge is 0.391 e. The van der Waals surface area contributed by atoms with Gasteiger partial charge in [-0.25, -0.2) is 0 Å². The number of hydrogen-bond donors (Lipinski definition) is 1. The van der Waals surface area contributed by atoms with Crippen LogP contribution in [-0.2, 0) is 0 Å². The van der Waals surface area contributed by atoms with Crippen LogP contribution < -0.4 is 0 Å². The van der Waals surface area contributed by atoms with Gasteiger partial charge in [-0.1, -0.05) is 25.7 Å². The Balaban J connectivity index is 1.99. The highest BCUT2D eigenvalue weighted by Crippen LogP contribution is 2.41. The van der Waals surface area contributed by atoms with Crippen LogP contribution in [0, 0.1) is 11.8 Å². The maximum atomic E-state index is 10.0. The van der Waals surface area contributed by atoms with Crippen LogP contribution in [-0.4, -0.2) is 36.2 Å². The van der Waals surface area contributed by atoms with Crippen molar-refractivity contribution in [1.82, 2.24) is 4.90 Å². The average Bonchev–Trinajstić information content (AvgIpc) is 2.16. The standard InChI is InChI=1S/C12H23NO/c1-13(2)11-7-9-5-3-4-6-10(9)8-12(11)14/h9-12,14H,3-8H2,1-2H3/t9-,10-,11+,12+/m1/s1. The second-order valence-corrected chi connectivity index (χ2v) is 5.37. The van der Waals surface area contributed by atoms with Gasteiger partial charge in [0, 0.05) is 6.04 Å². The summed E-state index contributed by atoms with van der Waals surface area (Å²) in [7, 11) is 4.19. The highest BCUT2D eigenvalue weighted by atomic mass is 16.3. The molecule has 0 aromatic heterocycles. The van der Waals surface area contributed by atoms with Crippen molar-refractivity contribution >= 4 is 0 Å². The van der Waals surface area contributed by atoms with E-state index in [1.54, 1.807) is 0 Å². The third-order valence-corrected chi connectivity index (χ3v) is 4.26. The first-order chi connectivity index (χ1) is 6.68. The fourth-order valence-corrected chi connectivity index (χ4v) is 3.39. The lowest BCUT2D eigenvalue weighted by Gasteiger charge is -2.44. The third-order valence-electron chi connectivity index (χ3n) is 4.26. The molecule has 0 radical (unpaired) electrons. The van der Waals surface area contributed by atoms with Gasteiger partial charge in [-0.2, -0.15) is 0 Å². The minimum Gasteiger partial charge on any atom is -0.391 e. The molecule has 0 aromatic rings. The molecule has 0 amide bonds. The number of likely N-dealkylation sites (N-methyl/N-ethyl adjacent to an activating group) is 1. The molecule has 1 N–H and O–H groups in total. The average molecular weight is 197 g/mol. The minimum atomic E-state index is -0.0793. The summed E-state index contributed by atoms with van der Waals surface area (Å²) in [6.07, 6.45) is 7.76. The van der Waals surface area contributed by atoms with Crippen LogP contribution in [0.1, 0.15) is 38.5 Å². The van der Waals surface area contributed by atoms with Gasteiger partial charge in [0.15, 0.2) is 0 Å².